The molecule has 7 rings (SSSR count). The molecule has 40 heavy (non-hydrogen) atoms. The highest BCUT2D eigenvalue weighted by Gasteiger charge is 2.48. The number of hydrogen-bond donors (Lipinski definition) is 4. The normalized spacial score (nSPS) is 25.1. The number of nitrogens with two attached hydrogens (primary N) is 1. The Hall–Kier alpha value is -3.38. The van der Waals surface area contributed by atoms with Gasteiger partial charge in [-0.3, -0.25) is 9.59 Å². The molecule has 0 unspecified atom stereocenters. The van der Waals surface area contributed by atoms with Gasteiger partial charge in [0, 0.05) is 24.2 Å². The van der Waals surface area contributed by atoms with Crippen molar-refractivity contribution in [2.24, 2.45) is 23.7 Å². The number of nitrogens with one attached hydrogen (secondary N) is 3. The van der Waals surface area contributed by atoms with Gasteiger partial charge in [0.15, 0.2) is 5.78 Å². The molecule has 0 spiro atoms. The first-order valence-corrected chi connectivity index (χ1v) is 15.9. The van der Waals surface area contributed by atoms with Crippen molar-refractivity contribution in [1.82, 2.24) is 5.16 Å². The number of ketones is 1. The van der Waals surface area contributed by atoms with Crippen LogP contribution in [0.5, 0.6) is 0 Å². The van der Waals surface area contributed by atoms with Crippen LogP contribution in [0.25, 0.3) is 0 Å². The fraction of sp³-hybridized carbons (Fsp3) is 0.464. The number of amides is 1. The first kappa shape index (κ1) is 26.8. The average molecular weight is 584 g/mol. The number of Topliss-reactive ketones (excluding diaryl/α,β-unsaturated/α-hetero) is 1. The second-order valence-electron chi connectivity index (χ2n) is 11.5. The molecule has 0 atom stereocenters. The van der Waals surface area contributed by atoms with Crippen molar-refractivity contribution in [3.8, 4) is 0 Å². The predicted molar refractivity (Wildman–Crippen MR) is 154 cm³/mol. The minimum Gasteiger partial charge on any atom is -0.397 e. The third-order valence-corrected chi connectivity index (χ3v) is 11.4. The number of benzene rings is 1. The Balaban J connectivity index is 1.21. The summed E-state index contributed by atoms with van der Waals surface area (Å²) in [5.74, 6) is 2.20. The number of aromatic nitrogens is 1. The molecule has 0 saturated heterocycles. The van der Waals surface area contributed by atoms with Gasteiger partial charge in [-0.15, -0.1) is 11.3 Å². The third-order valence-electron chi connectivity index (χ3n) is 8.82. The SMILES string of the molecule is CC(=O)c1sc(NC2C3CC4CC(C3)CC2C4)c(C(=O)Nc2ccc(S(=O)(=O)Nc3onc(C)c3C)cc2)c1N. The second-order valence-corrected chi connectivity index (χ2v) is 14.2. The highest BCUT2D eigenvalue weighted by Crippen LogP contribution is 2.55. The van der Waals surface area contributed by atoms with E-state index in [4.69, 9.17) is 10.3 Å². The van der Waals surface area contributed by atoms with Crippen molar-refractivity contribution in [1.29, 1.82) is 0 Å². The fourth-order valence-electron chi connectivity index (χ4n) is 6.95. The van der Waals surface area contributed by atoms with Gasteiger partial charge in [-0.25, -0.2) is 13.1 Å². The molecule has 4 bridgehead atoms. The summed E-state index contributed by atoms with van der Waals surface area (Å²) in [6.45, 7) is 4.88. The van der Waals surface area contributed by atoms with E-state index < -0.39 is 15.9 Å². The lowest BCUT2D eigenvalue weighted by molar-refractivity contribution is 0.00762. The van der Waals surface area contributed by atoms with Crippen LogP contribution in [0.1, 0.15) is 70.3 Å². The molecular formula is C28H33N5O5S2. The molecule has 1 amide bonds. The zero-order chi connectivity index (χ0) is 28.3. The summed E-state index contributed by atoms with van der Waals surface area (Å²) in [5, 5.41) is 10.9. The number of rotatable bonds is 8. The number of sulfonamides is 1. The minimum absolute atomic E-state index is 0.00268. The van der Waals surface area contributed by atoms with Crippen molar-refractivity contribution >= 4 is 55.3 Å². The predicted octanol–water partition coefficient (Wildman–Crippen LogP) is 5.43. The summed E-state index contributed by atoms with van der Waals surface area (Å²) < 4.78 is 33.1. The summed E-state index contributed by atoms with van der Waals surface area (Å²) in [6, 6.07) is 6.06. The molecule has 4 saturated carbocycles. The van der Waals surface area contributed by atoms with E-state index in [9.17, 15) is 18.0 Å². The lowest BCUT2D eigenvalue weighted by Crippen LogP contribution is -2.51. The number of carbonyl (C=O) groups is 2. The Morgan fingerprint density at radius 3 is 2.20 bits per heavy atom. The Morgan fingerprint density at radius 2 is 1.65 bits per heavy atom. The number of nitrogen functional groups attached to an aromatic ring is 1. The van der Waals surface area contributed by atoms with Gasteiger partial charge in [-0.1, -0.05) is 5.16 Å². The van der Waals surface area contributed by atoms with Crippen LogP contribution in [-0.4, -0.2) is 31.3 Å². The monoisotopic (exact) mass is 583 g/mol. The van der Waals surface area contributed by atoms with E-state index in [1.807, 2.05) is 0 Å². The van der Waals surface area contributed by atoms with Gasteiger partial charge in [0.25, 0.3) is 15.9 Å². The lowest BCUT2D eigenvalue weighted by atomic mass is 9.54. The Kier molecular flexibility index (Phi) is 6.65. The number of thiophene rings is 1. The molecule has 4 aliphatic carbocycles. The number of nitrogens with zero attached hydrogens (tertiary/aromatic N) is 1. The Morgan fingerprint density at radius 1 is 1.02 bits per heavy atom. The maximum absolute atomic E-state index is 13.5. The molecule has 5 N–H and O–H groups in total. The van der Waals surface area contributed by atoms with Crippen molar-refractivity contribution in [2.45, 2.75) is 63.8 Å². The zero-order valence-corrected chi connectivity index (χ0v) is 24.2. The molecule has 0 radical (unpaired) electrons. The molecule has 0 aliphatic heterocycles. The number of carbonyl (C=O) groups excluding carboxylic acids is 2. The summed E-state index contributed by atoms with van der Waals surface area (Å²) in [7, 11) is -3.93. The van der Waals surface area contributed by atoms with Gasteiger partial charge in [-0.2, -0.15) is 0 Å². The molecule has 10 nitrogen and oxygen atoms in total. The van der Waals surface area contributed by atoms with Crippen LogP contribution in [0, 0.1) is 37.5 Å². The van der Waals surface area contributed by atoms with E-state index in [1.165, 1.54) is 74.6 Å². The molecule has 3 aromatic rings. The molecule has 212 valence electrons. The highest BCUT2D eigenvalue weighted by atomic mass is 32.2. The number of anilines is 4. The Labute approximate surface area is 237 Å². The van der Waals surface area contributed by atoms with Crippen molar-refractivity contribution in [3.05, 3.63) is 46.0 Å². The van der Waals surface area contributed by atoms with E-state index in [2.05, 4.69) is 20.5 Å². The fourth-order valence-corrected chi connectivity index (χ4v) is 9.05. The molecule has 4 aliphatic rings. The molecule has 12 heteroatoms. The van der Waals surface area contributed by atoms with Crippen LogP contribution in [0.3, 0.4) is 0 Å². The van der Waals surface area contributed by atoms with Crippen LogP contribution in [0.15, 0.2) is 33.7 Å². The molecule has 1 aromatic carbocycles. The van der Waals surface area contributed by atoms with E-state index in [0.29, 0.717) is 38.7 Å². The quantitative estimate of drug-likeness (QED) is 0.256. The van der Waals surface area contributed by atoms with E-state index in [-0.39, 0.29) is 33.9 Å². The third kappa shape index (κ3) is 4.77. The van der Waals surface area contributed by atoms with E-state index in [1.54, 1.807) is 13.8 Å². The summed E-state index contributed by atoms with van der Waals surface area (Å²) >= 11 is 1.24. The summed E-state index contributed by atoms with van der Waals surface area (Å²) in [6.07, 6.45) is 6.21. The van der Waals surface area contributed by atoms with Gasteiger partial charge in [0.2, 0.25) is 5.88 Å². The van der Waals surface area contributed by atoms with Gasteiger partial charge in [0.1, 0.15) is 5.00 Å². The van der Waals surface area contributed by atoms with Crippen LogP contribution in [-0.2, 0) is 10.0 Å². The number of aryl methyl sites for hydroxylation is 1. The molecule has 4 fully saturated rings. The Bertz CT molecular complexity index is 1560. The van der Waals surface area contributed by atoms with Crippen molar-refractivity contribution in [2.75, 3.05) is 21.1 Å². The maximum Gasteiger partial charge on any atom is 0.264 e. The summed E-state index contributed by atoms with van der Waals surface area (Å²) in [5.41, 5.74) is 8.38. The zero-order valence-electron chi connectivity index (χ0n) is 22.6. The van der Waals surface area contributed by atoms with Crippen LogP contribution < -0.4 is 21.1 Å². The highest BCUT2D eigenvalue weighted by molar-refractivity contribution is 7.92. The first-order chi connectivity index (χ1) is 19.0. The van der Waals surface area contributed by atoms with Gasteiger partial charge in [-0.05, 0) is 93.9 Å². The van der Waals surface area contributed by atoms with Crippen molar-refractivity contribution in [3.63, 3.8) is 0 Å². The molecule has 2 aromatic heterocycles. The maximum atomic E-state index is 13.5. The minimum atomic E-state index is -3.93. The summed E-state index contributed by atoms with van der Waals surface area (Å²) in [4.78, 5) is 26.2. The van der Waals surface area contributed by atoms with Crippen molar-refractivity contribution < 1.29 is 22.5 Å². The number of hydrogen-bond acceptors (Lipinski definition) is 9. The second kappa shape index (κ2) is 9.91. The lowest BCUT2D eigenvalue weighted by Gasteiger charge is -2.54. The largest absolute Gasteiger partial charge is 0.397 e. The average Bonchev–Trinajstić information content (AvgIpc) is 3.39. The molecular weight excluding hydrogens is 550 g/mol. The van der Waals surface area contributed by atoms with Gasteiger partial charge < -0.3 is 20.9 Å². The topological polar surface area (TPSA) is 156 Å². The van der Waals surface area contributed by atoms with Gasteiger partial charge in [0.05, 0.1) is 26.7 Å². The van der Waals surface area contributed by atoms with Crippen LogP contribution >= 0.6 is 11.3 Å². The first-order valence-electron chi connectivity index (χ1n) is 13.6. The van der Waals surface area contributed by atoms with E-state index >= 15 is 0 Å². The van der Waals surface area contributed by atoms with Crippen LogP contribution in [0.4, 0.5) is 22.3 Å². The van der Waals surface area contributed by atoms with E-state index in [0.717, 1.165) is 11.8 Å². The standard InChI is InChI=1S/C28H33N5O5S2/c1-13-14(2)32-38-27(13)33-40(36,37)21-6-4-20(5-7-21)30-26(35)22-23(29)25(15(3)34)39-28(22)31-24-18-9-16-8-17(11-18)12-19(24)10-16/h4-7,16-19,24,31,33H,8-12,29H2,1-3H3,(H,30,35). The smallest absolute Gasteiger partial charge is 0.264 e. The molecule has 2 heterocycles. The van der Waals surface area contributed by atoms with Crippen LogP contribution in [0.2, 0.25) is 0 Å². The van der Waals surface area contributed by atoms with Gasteiger partial charge >= 0.3 is 0 Å².